The summed E-state index contributed by atoms with van der Waals surface area (Å²) in [6.07, 6.45) is 3.09. The summed E-state index contributed by atoms with van der Waals surface area (Å²) in [5.74, 6) is 2.02. The van der Waals surface area contributed by atoms with Gasteiger partial charge in [-0.15, -0.1) is 35.0 Å². The van der Waals surface area contributed by atoms with E-state index in [-0.39, 0.29) is 24.8 Å². The molecule has 0 aliphatic heterocycles. The number of halogens is 2. The fraction of sp³-hybridized carbons (Fsp3) is 0.714. The van der Waals surface area contributed by atoms with Gasteiger partial charge in [0.1, 0.15) is 0 Å². The molecule has 0 spiro atoms. The molecule has 1 heterocycles. The number of nitrogens with zero attached hydrogens (tertiary/aromatic N) is 2. The first-order chi connectivity index (χ1) is 5.40. The number of hydrogen-bond donors (Lipinski definition) is 1. The zero-order chi connectivity index (χ0) is 7.68. The van der Waals surface area contributed by atoms with Gasteiger partial charge in [0.05, 0.1) is 0 Å². The first-order valence-corrected chi connectivity index (χ1v) is 3.92. The highest BCUT2D eigenvalue weighted by Gasteiger charge is 2.29. The van der Waals surface area contributed by atoms with E-state index in [2.05, 4.69) is 10.2 Å². The molecule has 76 valence electrons. The topological polar surface area (TPSA) is 64.9 Å². The molecule has 2 rings (SSSR count). The van der Waals surface area contributed by atoms with E-state index in [1.807, 2.05) is 0 Å². The second-order valence-corrected chi connectivity index (χ2v) is 2.85. The van der Waals surface area contributed by atoms with Gasteiger partial charge < -0.3 is 10.2 Å². The number of rotatable bonds is 3. The van der Waals surface area contributed by atoms with Crippen LogP contribution in [0.4, 0.5) is 0 Å². The molecule has 13 heavy (non-hydrogen) atoms. The van der Waals surface area contributed by atoms with Crippen molar-refractivity contribution in [1.82, 2.24) is 10.2 Å². The smallest absolute Gasteiger partial charge is 0.219 e. The molecule has 0 amide bonds. The normalized spacial score (nSPS) is 14.5. The highest BCUT2D eigenvalue weighted by atomic mass is 35.5. The lowest BCUT2D eigenvalue weighted by molar-refractivity contribution is 0.452. The van der Waals surface area contributed by atoms with Gasteiger partial charge in [0.25, 0.3) is 0 Å². The zero-order valence-electron chi connectivity index (χ0n) is 7.10. The van der Waals surface area contributed by atoms with Crippen LogP contribution in [0.2, 0.25) is 0 Å². The van der Waals surface area contributed by atoms with Gasteiger partial charge in [-0.3, -0.25) is 0 Å². The van der Waals surface area contributed by atoms with Crippen LogP contribution in [0.1, 0.15) is 30.5 Å². The standard InChI is InChI=1S/C7H11N3O.2ClH/c8-4-3-6-9-10-7(11-6)5-1-2-5;;/h5H,1-4,8H2;2*1H. The van der Waals surface area contributed by atoms with E-state index in [0.29, 0.717) is 24.8 Å². The fourth-order valence-electron chi connectivity index (χ4n) is 0.986. The van der Waals surface area contributed by atoms with E-state index in [4.69, 9.17) is 10.2 Å². The first-order valence-electron chi connectivity index (χ1n) is 3.92. The monoisotopic (exact) mass is 225 g/mol. The average molecular weight is 226 g/mol. The molecular formula is C7H13Cl2N3O. The van der Waals surface area contributed by atoms with Crippen LogP contribution in [0.25, 0.3) is 0 Å². The largest absolute Gasteiger partial charge is 0.425 e. The summed E-state index contributed by atoms with van der Waals surface area (Å²) in [5, 5.41) is 7.80. The molecule has 4 nitrogen and oxygen atoms in total. The van der Waals surface area contributed by atoms with Gasteiger partial charge in [0.2, 0.25) is 11.8 Å². The van der Waals surface area contributed by atoms with Crippen LogP contribution in [-0.4, -0.2) is 16.7 Å². The van der Waals surface area contributed by atoms with Crippen molar-refractivity contribution >= 4 is 24.8 Å². The quantitative estimate of drug-likeness (QED) is 0.843. The Balaban J connectivity index is 0.000000720. The van der Waals surface area contributed by atoms with Crippen LogP contribution in [-0.2, 0) is 6.42 Å². The van der Waals surface area contributed by atoms with Crippen molar-refractivity contribution in [2.45, 2.75) is 25.2 Å². The van der Waals surface area contributed by atoms with Crippen molar-refractivity contribution in [3.05, 3.63) is 11.8 Å². The van der Waals surface area contributed by atoms with Gasteiger partial charge in [0, 0.05) is 18.9 Å². The predicted octanol–water partition coefficient (Wildman–Crippen LogP) is 1.29. The molecule has 0 aromatic carbocycles. The Labute approximate surface area is 89.1 Å². The van der Waals surface area contributed by atoms with Gasteiger partial charge in [-0.2, -0.15) is 0 Å². The SMILES string of the molecule is Cl.Cl.NCCc1nnc(C2CC2)o1. The lowest BCUT2D eigenvalue weighted by atomic mass is 10.4. The molecule has 0 unspecified atom stereocenters. The molecule has 1 aromatic heterocycles. The molecule has 0 radical (unpaired) electrons. The molecular weight excluding hydrogens is 213 g/mol. The van der Waals surface area contributed by atoms with E-state index in [1.54, 1.807) is 0 Å². The predicted molar refractivity (Wildman–Crippen MR) is 53.5 cm³/mol. The molecule has 6 heteroatoms. The van der Waals surface area contributed by atoms with Crippen molar-refractivity contribution in [2.75, 3.05) is 6.54 Å². The lowest BCUT2D eigenvalue weighted by Crippen LogP contribution is -2.02. The molecule has 1 saturated carbocycles. The van der Waals surface area contributed by atoms with Crippen LogP contribution >= 0.6 is 24.8 Å². The Bertz CT molecular complexity index is 250. The summed E-state index contributed by atoms with van der Waals surface area (Å²) in [5.41, 5.74) is 5.33. The van der Waals surface area contributed by atoms with Gasteiger partial charge in [-0.1, -0.05) is 0 Å². The second kappa shape index (κ2) is 5.42. The first kappa shape index (κ1) is 12.7. The van der Waals surface area contributed by atoms with Crippen LogP contribution in [0.15, 0.2) is 4.42 Å². The van der Waals surface area contributed by atoms with E-state index >= 15 is 0 Å². The van der Waals surface area contributed by atoms with E-state index in [0.717, 1.165) is 5.89 Å². The number of aromatic nitrogens is 2. The fourth-order valence-corrected chi connectivity index (χ4v) is 0.986. The summed E-state index contributed by atoms with van der Waals surface area (Å²) in [7, 11) is 0. The highest BCUT2D eigenvalue weighted by molar-refractivity contribution is 5.85. The Morgan fingerprint density at radius 2 is 2.00 bits per heavy atom. The number of nitrogens with two attached hydrogens (primary N) is 1. The van der Waals surface area contributed by atoms with Crippen molar-refractivity contribution in [3.63, 3.8) is 0 Å². The Kier molecular flexibility index (Phi) is 5.29. The minimum absolute atomic E-state index is 0. The van der Waals surface area contributed by atoms with Crippen LogP contribution in [0, 0.1) is 0 Å². The van der Waals surface area contributed by atoms with Gasteiger partial charge in [-0.25, -0.2) is 0 Å². The van der Waals surface area contributed by atoms with Crippen LogP contribution < -0.4 is 5.73 Å². The third-order valence-corrected chi connectivity index (χ3v) is 1.77. The average Bonchev–Trinajstić information content (AvgIpc) is 2.75. The van der Waals surface area contributed by atoms with E-state index in [1.165, 1.54) is 12.8 Å². The molecule has 0 saturated heterocycles. The maximum Gasteiger partial charge on any atom is 0.219 e. The molecule has 1 aromatic rings. The molecule has 1 aliphatic rings. The van der Waals surface area contributed by atoms with E-state index in [9.17, 15) is 0 Å². The van der Waals surface area contributed by atoms with Crippen molar-refractivity contribution in [1.29, 1.82) is 0 Å². The third-order valence-electron chi connectivity index (χ3n) is 1.77. The summed E-state index contributed by atoms with van der Waals surface area (Å²) >= 11 is 0. The molecule has 0 bridgehead atoms. The maximum atomic E-state index is 5.35. The second-order valence-electron chi connectivity index (χ2n) is 2.85. The summed E-state index contributed by atoms with van der Waals surface area (Å²) in [6.45, 7) is 0.576. The minimum atomic E-state index is 0. The third kappa shape index (κ3) is 3.14. The summed E-state index contributed by atoms with van der Waals surface area (Å²) in [6, 6.07) is 0. The van der Waals surface area contributed by atoms with Crippen molar-refractivity contribution < 1.29 is 4.42 Å². The van der Waals surface area contributed by atoms with Gasteiger partial charge >= 0.3 is 0 Å². The Morgan fingerprint density at radius 1 is 1.31 bits per heavy atom. The Hall–Kier alpha value is -0.320. The van der Waals surface area contributed by atoms with Gasteiger partial charge in [-0.05, 0) is 12.8 Å². The summed E-state index contributed by atoms with van der Waals surface area (Å²) in [4.78, 5) is 0. The Morgan fingerprint density at radius 3 is 2.54 bits per heavy atom. The lowest BCUT2D eigenvalue weighted by Gasteiger charge is -1.86. The zero-order valence-corrected chi connectivity index (χ0v) is 8.74. The van der Waals surface area contributed by atoms with Gasteiger partial charge in [0.15, 0.2) is 0 Å². The minimum Gasteiger partial charge on any atom is -0.425 e. The maximum absolute atomic E-state index is 5.35. The van der Waals surface area contributed by atoms with Crippen LogP contribution in [0.5, 0.6) is 0 Å². The molecule has 2 N–H and O–H groups in total. The van der Waals surface area contributed by atoms with Crippen LogP contribution in [0.3, 0.4) is 0 Å². The van der Waals surface area contributed by atoms with Crippen molar-refractivity contribution in [3.8, 4) is 0 Å². The molecule has 0 atom stereocenters. The number of hydrogen-bond acceptors (Lipinski definition) is 4. The van der Waals surface area contributed by atoms with E-state index < -0.39 is 0 Å². The highest BCUT2D eigenvalue weighted by Crippen LogP contribution is 2.38. The molecule has 1 fully saturated rings. The molecule has 1 aliphatic carbocycles. The summed E-state index contributed by atoms with van der Waals surface area (Å²) < 4.78 is 5.35. The van der Waals surface area contributed by atoms with Crippen molar-refractivity contribution in [2.24, 2.45) is 5.73 Å².